The van der Waals surface area contributed by atoms with E-state index in [1.54, 1.807) is 32.0 Å². The molecule has 0 fully saturated rings. The smallest absolute Gasteiger partial charge is 0.270 e. The van der Waals surface area contributed by atoms with Gasteiger partial charge in [0.2, 0.25) is 0 Å². The number of rotatable bonds is 3. The van der Waals surface area contributed by atoms with Crippen LogP contribution in [-0.4, -0.2) is 10.7 Å². The first kappa shape index (κ1) is 24.2. The number of anilines is 1. The summed E-state index contributed by atoms with van der Waals surface area (Å²) in [6.07, 6.45) is 0. The molecule has 0 aliphatic carbocycles. The van der Waals surface area contributed by atoms with Gasteiger partial charge >= 0.3 is 0 Å². The fourth-order valence-electron chi connectivity index (χ4n) is 2.22. The third kappa shape index (κ3) is 7.52. The number of non-ortho nitro benzene ring substituents is 1. The molecule has 0 heterocycles. The summed E-state index contributed by atoms with van der Waals surface area (Å²) in [5.41, 5.74) is 7.46. The highest BCUT2D eigenvalue weighted by Gasteiger charge is 2.26. The second kappa shape index (κ2) is 10.4. The van der Waals surface area contributed by atoms with E-state index in [-0.39, 0.29) is 17.0 Å². The topological polar surface area (TPSA) is 86.2 Å². The number of nitrogen functional groups attached to an aromatic ring is 1. The molecule has 0 spiro atoms. The highest BCUT2D eigenvalue weighted by molar-refractivity contribution is 5.96. The van der Waals surface area contributed by atoms with Crippen LogP contribution in [0.25, 0.3) is 0 Å². The molecule has 0 aliphatic heterocycles. The molecule has 0 atom stereocenters. The van der Waals surface area contributed by atoms with E-state index in [0.717, 1.165) is 12.5 Å². The zero-order valence-corrected chi connectivity index (χ0v) is 16.5. The second-order valence-electron chi connectivity index (χ2n) is 5.78. The van der Waals surface area contributed by atoms with E-state index >= 15 is 0 Å². The Bertz CT molecular complexity index is 800. The third-order valence-corrected chi connectivity index (χ3v) is 3.55. The molecule has 0 saturated heterocycles. The number of hydrogen-bond acceptors (Lipinski definition) is 4. The summed E-state index contributed by atoms with van der Waals surface area (Å²) >= 11 is 0. The van der Waals surface area contributed by atoms with Crippen LogP contribution >= 0.6 is 0 Å². The maximum Gasteiger partial charge on any atom is 0.270 e. The lowest BCUT2D eigenvalue weighted by Crippen LogP contribution is -2.09. The van der Waals surface area contributed by atoms with Crippen LogP contribution in [0.15, 0.2) is 36.4 Å². The van der Waals surface area contributed by atoms with Crippen molar-refractivity contribution in [3.8, 4) is 0 Å². The fraction of sp³-hybridized carbons (Fsp3) is 0.350. The monoisotopic (exact) mass is 380 g/mol. The quantitative estimate of drug-likeness (QED) is 0.314. The van der Waals surface area contributed by atoms with Gasteiger partial charge in [0.05, 0.1) is 4.92 Å². The average Bonchev–Trinajstić information content (AvgIpc) is 2.58. The van der Waals surface area contributed by atoms with Gasteiger partial charge in [0.1, 0.15) is 0 Å². The molecule has 0 unspecified atom stereocenters. The lowest BCUT2D eigenvalue weighted by atomic mass is 10.0. The molecular formula is C20H26F2N2O3. The number of alkyl halides is 2. The van der Waals surface area contributed by atoms with Crippen molar-refractivity contribution in [1.29, 1.82) is 0 Å². The van der Waals surface area contributed by atoms with Gasteiger partial charge in [0.15, 0.2) is 5.78 Å². The predicted octanol–water partition coefficient (Wildman–Crippen LogP) is 5.82. The summed E-state index contributed by atoms with van der Waals surface area (Å²) in [7, 11) is 0. The molecular weight excluding hydrogens is 354 g/mol. The highest BCUT2D eigenvalue weighted by atomic mass is 19.3. The zero-order chi connectivity index (χ0) is 21.4. The molecule has 0 aromatic heterocycles. The molecule has 2 N–H and O–H groups in total. The lowest BCUT2D eigenvalue weighted by Gasteiger charge is -2.13. The number of nitro groups is 1. The number of nitrogens with two attached hydrogens (primary N) is 1. The molecule has 0 radical (unpaired) electrons. The molecule has 0 bridgehead atoms. The molecule has 5 nitrogen and oxygen atoms in total. The fourth-order valence-corrected chi connectivity index (χ4v) is 2.22. The van der Waals surface area contributed by atoms with Gasteiger partial charge in [-0.05, 0) is 44.0 Å². The van der Waals surface area contributed by atoms with Gasteiger partial charge in [-0.2, -0.15) is 0 Å². The van der Waals surface area contributed by atoms with E-state index in [2.05, 4.69) is 0 Å². The van der Waals surface area contributed by atoms with Crippen molar-refractivity contribution in [2.24, 2.45) is 0 Å². The number of nitrogens with zero attached hydrogens (tertiary/aromatic N) is 1. The number of carbonyl (C=O) groups excluding carboxylic acids is 1. The van der Waals surface area contributed by atoms with E-state index in [0.29, 0.717) is 16.8 Å². The Morgan fingerprint density at radius 2 is 1.59 bits per heavy atom. The van der Waals surface area contributed by atoms with Crippen molar-refractivity contribution in [2.75, 3.05) is 5.73 Å². The standard InChI is InChI=1S/C9H11F2N.C9H9NO3.C2H6/c1-6-3-4-7(12)5-8(6)9(2,10)11;1-6-3-4-8(10(12)13)5-9(6)7(2)11;1-2/h3-5H,12H2,1-2H3;3-5H,1-2H3;1-2H3. The van der Waals surface area contributed by atoms with Crippen LogP contribution in [0.4, 0.5) is 20.2 Å². The normalized spacial score (nSPS) is 10.1. The number of Topliss-reactive ketones (excluding diaryl/α,β-unsaturated/α-hetero) is 1. The van der Waals surface area contributed by atoms with Crippen molar-refractivity contribution in [2.45, 2.75) is 47.5 Å². The van der Waals surface area contributed by atoms with Crippen LogP contribution in [0.3, 0.4) is 0 Å². The number of carbonyl (C=O) groups is 1. The molecule has 2 rings (SSSR count). The van der Waals surface area contributed by atoms with Gasteiger partial charge < -0.3 is 5.73 Å². The van der Waals surface area contributed by atoms with E-state index in [1.165, 1.54) is 25.1 Å². The Balaban J connectivity index is 0.000000460. The van der Waals surface area contributed by atoms with Crippen LogP contribution in [0.2, 0.25) is 0 Å². The SMILES string of the molecule is CC.CC(=O)c1cc([N+](=O)[O-])ccc1C.Cc1ccc(N)cc1C(C)(F)F. The summed E-state index contributed by atoms with van der Waals surface area (Å²) in [4.78, 5) is 20.9. The van der Waals surface area contributed by atoms with E-state index in [1.807, 2.05) is 13.8 Å². The predicted molar refractivity (Wildman–Crippen MR) is 104 cm³/mol. The van der Waals surface area contributed by atoms with E-state index in [9.17, 15) is 23.7 Å². The maximum atomic E-state index is 12.8. The van der Waals surface area contributed by atoms with Crippen LogP contribution in [0, 0.1) is 24.0 Å². The number of halogens is 2. The van der Waals surface area contributed by atoms with Crippen LogP contribution in [0.1, 0.15) is 54.7 Å². The summed E-state index contributed by atoms with van der Waals surface area (Å²) in [6, 6.07) is 8.80. The van der Waals surface area contributed by atoms with Crippen LogP contribution < -0.4 is 5.73 Å². The molecule has 2 aromatic rings. The summed E-state index contributed by atoms with van der Waals surface area (Å²) in [5, 5.41) is 10.4. The Labute approximate surface area is 158 Å². The Morgan fingerprint density at radius 3 is 2.00 bits per heavy atom. The number of nitro benzene ring substituents is 1. The minimum atomic E-state index is -2.81. The van der Waals surface area contributed by atoms with Crippen molar-refractivity contribution in [1.82, 2.24) is 0 Å². The Kier molecular flexibility index (Phi) is 9.27. The van der Waals surface area contributed by atoms with E-state index < -0.39 is 10.8 Å². The molecule has 7 heteroatoms. The maximum absolute atomic E-state index is 12.8. The van der Waals surface area contributed by atoms with Gasteiger partial charge in [-0.25, -0.2) is 8.78 Å². The van der Waals surface area contributed by atoms with Gasteiger partial charge in [0, 0.05) is 35.9 Å². The minimum absolute atomic E-state index is 0.00231. The Hall–Kier alpha value is -2.83. The van der Waals surface area contributed by atoms with Crippen LogP contribution in [-0.2, 0) is 5.92 Å². The van der Waals surface area contributed by atoms with Gasteiger partial charge in [-0.15, -0.1) is 0 Å². The number of aryl methyl sites for hydroxylation is 2. The van der Waals surface area contributed by atoms with Gasteiger partial charge in [0.25, 0.3) is 11.6 Å². The molecule has 0 amide bonds. The van der Waals surface area contributed by atoms with Crippen molar-refractivity contribution < 1.29 is 18.5 Å². The first-order valence-corrected chi connectivity index (χ1v) is 8.44. The largest absolute Gasteiger partial charge is 0.399 e. The lowest BCUT2D eigenvalue weighted by molar-refractivity contribution is -0.384. The van der Waals surface area contributed by atoms with E-state index in [4.69, 9.17) is 5.73 Å². The van der Waals surface area contributed by atoms with Gasteiger partial charge in [-0.1, -0.05) is 26.0 Å². The summed E-state index contributed by atoms with van der Waals surface area (Å²) in [5.74, 6) is -2.96. The second-order valence-corrected chi connectivity index (χ2v) is 5.78. The molecule has 27 heavy (non-hydrogen) atoms. The molecule has 2 aromatic carbocycles. The van der Waals surface area contributed by atoms with Crippen molar-refractivity contribution >= 4 is 17.2 Å². The van der Waals surface area contributed by atoms with Crippen LogP contribution in [0.5, 0.6) is 0 Å². The number of ketones is 1. The summed E-state index contributed by atoms with van der Waals surface area (Å²) in [6.45, 7) is 9.66. The highest BCUT2D eigenvalue weighted by Crippen LogP contribution is 2.30. The molecule has 148 valence electrons. The zero-order valence-electron chi connectivity index (χ0n) is 16.5. The molecule has 0 aliphatic rings. The minimum Gasteiger partial charge on any atom is -0.399 e. The number of benzene rings is 2. The Morgan fingerprint density at radius 1 is 1.07 bits per heavy atom. The third-order valence-electron chi connectivity index (χ3n) is 3.55. The average molecular weight is 380 g/mol. The van der Waals surface area contributed by atoms with Crippen molar-refractivity contribution in [3.63, 3.8) is 0 Å². The molecule has 0 saturated carbocycles. The first-order valence-electron chi connectivity index (χ1n) is 8.44. The van der Waals surface area contributed by atoms with Gasteiger partial charge in [-0.3, -0.25) is 14.9 Å². The van der Waals surface area contributed by atoms with Crippen molar-refractivity contribution in [3.05, 3.63) is 68.8 Å². The summed E-state index contributed by atoms with van der Waals surface area (Å²) < 4.78 is 25.7. The number of hydrogen-bond donors (Lipinski definition) is 1. The first-order chi connectivity index (χ1) is 12.4.